The molecule has 0 spiro atoms. The number of hydrazine groups is 1. The Hall–Kier alpha value is -1.33. The van der Waals surface area contributed by atoms with Crippen LogP contribution in [0.3, 0.4) is 0 Å². The molecule has 1 aromatic rings. The molecular weight excluding hydrogens is 228 g/mol. The first-order chi connectivity index (χ1) is 8.77. The summed E-state index contributed by atoms with van der Waals surface area (Å²) in [6.45, 7) is 3.67. The number of H-pyrrole nitrogens is 1. The van der Waals surface area contributed by atoms with Gasteiger partial charge in [0.1, 0.15) is 0 Å². The summed E-state index contributed by atoms with van der Waals surface area (Å²) >= 11 is 0. The van der Waals surface area contributed by atoms with Gasteiger partial charge < -0.3 is 9.88 Å². The van der Waals surface area contributed by atoms with Gasteiger partial charge in [0.05, 0.1) is 12.0 Å². The monoisotopic (exact) mass is 248 g/mol. The Labute approximate surface area is 107 Å². The van der Waals surface area contributed by atoms with Gasteiger partial charge >= 0.3 is 0 Å². The molecule has 1 aromatic heterocycles. The fraction of sp³-hybridized carbons (Fsp3) is 0.615. The van der Waals surface area contributed by atoms with Gasteiger partial charge in [0.15, 0.2) is 0 Å². The predicted molar refractivity (Wildman–Crippen MR) is 68.6 cm³/mol. The SMILES string of the molecule is CC1NNCC1C(=O)N1CCCC1c1ccc[nH]1. The van der Waals surface area contributed by atoms with Crippen LogP contribution in [0.5, 0.6) is 0 Å². The molecular formula is C13H20N4O. The van der Waals surface area contributed by atoms with Crippen molar-refractivity contribution in [1.29, 1.82) is 0 Å². The van der Waals surface area contributed by atoms with Gasteiger partial charge in [0, 0.05) is 31.0 Å². The Morgan fingerprint density at radius 3 is 3.06 bits per heavy atom. The fourth-order valence-corrected chi connectivity index (χ4v) is 3.03. The third-order valence-electron chi connectivity index (χ3n) is 4.09. The quantitative estimate of drug-likeness (QED) is 0.725. The van der Waals surface area contributed by atoms with Crippen molar-refractivity contribution in [3.05, 3.63) is 24.0 Å². The Morgan fingerprint density at radius 2 is 2.39 bits per heavy atom. The van der Waals surface area contributed by atoms with Crippen molar-refractivity contribution in [3.8, 4) is 0 Å². The molecule has 2 fully saturated rings. The highest BCUT2D eigenvalue weighted by Gasteiger charge is 2.38. The van der Waals surface area contributed by atoms with Crippen LogP contribution in [0.25, 0.3) is 0 Å². The molecule has 18 heavy (non-hydrogen) atoms. The predicted octanol–water partition coefficient (Wildman–Crippen LogP) is 0.791. The number of nitrogens with one attached hydrogen (secondary N) is 3. The summed E-state index contributed by atoms with van der Waals surface area (Å²) in [7, 11) is 0. The third kappa shape index (κ3) is 1.93. The van der Waals surface area contributed by atoms with Crippen LogP contribution in [0, 0.1) is 5.92 Å². The van der Waals surface area contributed by atoms with Crippen molar-refractivity contribution in [1.82, 2.24) is 20.7 Å². The molecule has 0 radical (unpaired) electrons. The van der Waals surface area contributed by atoms with E-state index in [-0.39, 0.29) is 23.9 Å². The van der Waals surface area contributed by atoms with E-state index in [1.807, 2.05) is 17.2 Å². The summed E-state index contributed by atoms with van der Waals surface area (Å²) in [5, 5.41) is 0. The molecule has 2 saturated heterocycles. The van der Waals surface area contributed by atoms with Crippen molar-refractivity contribution in [2.45, 2.75) is 31.8 Å². The molecule has 0 bridgehead atoms. The number of nitrogens with zero attached hydrogens (tertiary/aromatic N) is 1. The molecule has 0 aromatic carbocycles. The first-order valence-corrected chi connectivity index (χ1v) is 6.69. The molecule has 3 N–H and O–H groups in total. The largest absolute Gasteiger partial charge is 0.363 e. The van der Waals surface area contributed by atoms with Crippen LogP contribution in [0.1, 0.15) is 31.5 Å². The average molecular weight is 248 g/mol. The maximum atomic E-state index is 12.6. The number of rotatable bonds is 2. The summed E-state index contributed by atoms with van der Waals surface area (Å²) in [6.07, 6.45) is 4.09. The molecule has 5 nitrogen and oxygen atoms in total. The number of amides is 1. The van der Waals surface area contributed by atoms with E-state index >= 15 is 0 Å². The second kappa shape index (κ2) is 4.74. The molecule has 3 unspecified atom stereocenters. The minimum Gasteiger partial charge on any atom is -0.363 e. The molecule has 1 amide bonds. The third-order valence-corrected chi connectivity index (χ3v) is 4.09. The molecule has 98 valence electrons. The highest BCUT2D eigenvalue weighted by Crippen LogP contribution is 2.32. The van der Waals surface area contributed by atoms with E-state index in [2.05, 4.69) is 28.8 Å². The normalized spacial score (nSPS) is 32.1. The molecule has 3 atom stereocenters. The van der Waals surface area contributed by atoms with Crippen LogP contribution >= 0.6 is 0 Å². The van der Waals surface area contributed by atoms with Gasteiger partial charge in [-0.15, -0.1) is 0 Å². The van der Waals surface area contributed by atoms with Crippen LogP contribution in [0.15, 0.2) is 18.3 Å². The van der Waals surface area contributed by atoms with Crippen LogP contribution < -0.4 is 10.9 Å². The maximum Gasteiger partial charge on any atom is 0.229 e. The molecule has 2 aliphatic heterocycles. The zero-order valence-corrected chi connectivity index (χ0v) is 10.6. The summed E-state index contributed by atoms with van der Waals surface area (Å²) in [4.78, 5) is 17.9. The first kappa shape index (κ1) is 11.7. The van der Waals surface area contributed by atoms with Crippen LogP contribution in [0.2, 0.25) is 0 Å². The van der Waals surface area contributed by atoms with Crippen molar-refractivity contribution in [2.75, 3.05) is 13.1 Å². The van der Waals surface area contributed by atoms with Gasteiger partial charge in [-0.05, 0) is 31.9 Å². The number of hydrogen-bond acceptors (Lipinski definition) is 3. The van der Waals surface area contributed by atoms with E-state index in [0.29, 0.717) is 0 Å². The Bertz CT molecular complexity index is 417. The van der Waals surface area contributed by atoms with Gasteiger partial charge in [-0.1, -0.05) is 0 Å². The molecule has 0 saturated carbocycles. The molecule has 5 heteroatoms. The van der Waals surface area contributed by atoms with Gasteiger partial charge in [-0.3, -0.25) is 15.6 Å². The Morgan fingerprint density at radius 1 is 1.50 bits per heavy atom. The zero-order valence-electron chi connectivity index (χ0n) is 10.6. The number of likely N-dealkylation sites (tertiary alicyclic amines) is 1. The van der Waals surface area contributed by atoms with Crippen LogP contribution in [-0.4, -0.2) is 34.9 Å². The van der Waals surface area contributed by atoms with Crippen molar-refractivity contribution >= 4 is 5.91 Å². The fourth-order valence-electron chi connectivity index (χ4n) is 3.03. The highest BCUT2D eigenvalue weighted by atomic mass is 16.2. The van der Waals surface area contributed by atoms with E-state index in [1.54, 1.807) is 0 Å². The molecule has 3 rings (SSSR count). The number of aromatic amines is 1. The van der Waals surface area contributed by atoms with E-state index in [4.69, 9.17) is 0 Å². The smallest absolute Gasteiger partial charge is 0.229 e. The van der Waals surface area contributed by atoms with E-state index in [1.165, 1.54) is 0 Å². The van der Waals surface area contributed by atoms with Gasteiger partial charge in [-0.2, -0.15) is 0 Å². The number of hydrogen-bond donors (Lipinski definition) is 3. The molecule has 3 heterocycles. The van der Waals surface area contributed by atoms with Gasteiger partial charge in [0.2, 0.25) is 5.91 Å². The van der Waals surface area contributed by atoms with Gasteiger partial charge in [0.25, 0.3) is 0 Å². The highest BCUT2D eigenvalue weighted by molar-refractivity contribution is 5.80. The number of aromatic nitrogens is 1. The lowest BCUT2D eigenvalue weighted by atomic mass is 10.0. The summed E-state index contributed by atoms with van der Waals surface area (Å²) in [5.41, 5.74) is 7.35. The summed E-state index contributed by atoms with van der Waals surface area (Å²) < 4.78 is 0. The van der Waals surface area contributed by atoms with Gasteiger partial charge in [-0.25, -0.2) is 0 Å². The molecule has 0 aliphatic carbocycles. The lowest BCUT2D eigenvalue weighted by molar-refractivity contribution is -0.136. The lowest BCUT2D eigenvalue weighted by Crippen LogP contribution is -2.40. The minimum atomic E-state index is 0.0561. The summed E-state index contributed by atoms with van der Waals surface area (Å²) in [6, 6.07) is 4.52. The zero-order chi connectivity index (χ0) is 12.5. The summed E-state index contributed by atoms with van der Waals surface area (Å²) in [5.74, 6) is 0.331. The van der Waals surface area contributed by atoms with Crippen molar-refractivity contribution < 1.29 is 4.79 Å². The van der Waals surface area contributed by atoms with Crippen molar-refractivity contribution in [2.24, 2.45) is 5.92 Å². The maximum absolute atomic E-state index is 12.6. The Kier molecular flexibility index (Phi) is 3.09. The standard InChI is InChI=1S/C13H20N4O/c1-9-10(8-15-16-9)13(18)17-7-3-5-12(17)11-4-2-6-14-11/h2,4,6,9-10,12,14-16H,3,5,7-8H2,1H3. The topological polar surface area (TPSA) is 60.2 Å². The second-order valence-corrected chi connectivity index (χ2v) is 5.24. The van der Waals surface area contributed by atoms with Crippen LogP contribution in [0.4, 0.5) is 0 Å². The Balaban J connectivity index is 1.76. The van der Waals surface area contributed by atoms with Crippen molar-refractivity contribution in [3.63, 3.8) is 0 Å². The average Bonchev–Trinajstić information content (AvgIpc) is 3.09. The second-order valence-electron chi connectivity index (χ2n) is 5.24. The lowest BCUT2D eigenvalue weighted by Gasteiger charge is -2.27. The van der Waals surface area contributed by atoms with Crippen LogP contribution in [-0.2, 0) is 4.79 Å². The number of carbonyl (C=O) groups is 1. The van der Waals surface area contributed by atoms with E-state index in [9.17, 15) is 4.79 Å². The number of carbonyl (C=O) groups excluding carboxylic acids is 1. The van der Waals surface area contributed by atoms with E-state index < -0.39 is 0 Å². The molecule has 2 aliphatic rings. The minimum absolute atomic E-state index is 0.0561. The first-order valence-electron chi connectivity index (χ1n) is 6.69. The van der Waals surface area contributed by atoms with E-state index in [0.717, 1.165) is 31.6 Å².